The summed E-state index contributed by atoms with van der Waals surface area (Å²) in [5.41, 5.74) is 1.29. The third-order valence-electron chi connectivity index (χ3n) is 5.37. The van der Waals surface area contributed by atoms with Gasteiger partial charge in [-0.3, -0.25) is 4.79 Å². The summed E-state index contributed by atoms with van der Waals surface area (Å²) in [6.07, 6.45) is 3.28. The van der Waals surface area contributed by atoms with Crippen molar-refractivity contribution in [3.63, 3.8) is 0 Å². The smallest absolute Gasteiger partial charge is 0.224 e. The van der Waals surface area contributed by atoms with Crippen LogP contribution in [0, 0.1) is 11.3 Å². The van der Waals surface area contributed by atoms with Crippen molar-refractivity contribution < 1.29 is 14.3 Å². The second kappa shape index (κ2) is 7.62. The molecule has 1 aliphatic carbocycles. The maximum absolute atomic E-state index is 12.6. The van der Waals surface area contributed by atoms with Crippen LogP contribution in [-0.2, 0) is 4.79 Å². The molecule has 2 aliphatic rings. The van der Waals surface area contributed by atoms with Crippen molar-refractivity contribution in [1.82, 2.24) is 10.6 Å². The molecule has 1 heterocycles. The van der Waals surface area contributed by atoms with Crippen LogP contribution in [0.3, 0.4) is 0 Å². The lowest BCUT2D eigenvalue weighted by molar-refractivity contribution is -0.123. The second-order valence-electron chi connectivity index (χ2n) is 6.71. The third-order valence-corrected chi connectivity index (χ3v) is 5.37. The van der Waals surface area contributed by atoms with Crippen LogP contribution in [0.2, 0.25) is 0 Å². The maximum atomic E-state index is 12.6. The molecule has 0 aromatic heterocycles. The average molecular weight is 355 g/mol. The van der Waals surface area contributed by atoms with E-state index in [1.165, 1.54) is 0 Å². The minimum atomic E-state index is -0.0401. The van der Waals surface area contributed by atoms with Gasteiger partial charge in [0, 0.05) is 5.92 Å². The number of ether oxygens (including phenoxy) is 2. The van der Waals surface area contributed by atoms with Gasteiger partial charge in [-0.15, -0.1) is 12.4 Å². The molecule has 2 fully saturated rings. The fraction of sp³-hybridized carbons (Fsp3) is 0.611. The Kier molecular flexibility index (Phi) is 5.99. The highest BCUT2D eigenvalue weighted by Crippen LogP contribution is 2.58. The van der Waals surface area contributed by atoms with Gasteiger partial charge in [0.15, 0.2) is 11.5 Å². The average Bonchev–Trinajstić information content (AvgIpc) is 3.27. The van der Waals surface area contributed by atoms with E-state index in [-0.39, 0.29) is 35.7 Å². The van der Waals surface area contributed by atoms with E-state index in [4.69, 9.17) is 9.47 Å². The number of nitrogens with one attached hydrogen (secondary N) is 2. The van der Waals surface area contributed by atoms with Gasteiger partial charge in [-0.1, -0.05) is 6.07 Å². The molecule has 1 saturated carbocycles. The normalized spacial score (nSPS) is 22.2. The van der Waals surface area contributed by atoms with E-state index in [2.05, 4.69) is 10.6 Å². The highest BCUT2D eigenvalue weighted by Gasteiger charge is 2.57. The van der Waals surface area contributed by atoms with Crippen molar-refractivity contribution in [2.75, 3.05) is 27.3 Å². The van der Waals surface area contributed by atoms with Gasteiger partial charge < -0.3 is 20.1 Å². The van der Waals surface area contributed by atoms with E-state index in [0.29, 0.717) is 11.5 Å². The van der Waals surface area contributed by atoms with E-state index in [1.54, 1.807) is 14.2 Å². The van der Waals surface area contributed by atoms with Crippen LogP contribution in [-0.4, -0.2) is 33.2 Å². The number of rotatable bonds is 5. The van der Waals surface area contributed by atoms with Gasteiger partial charge in [0.05, 0.1) is 20.3 Å². The molecule has 134 valence electrons. The van der Waals surface area contributed by atoms with Gasteiger partial charge in [-0.25, -0.2) is 0 Å². The Hall–Kier alpha value is -1.46. The Morgan fingerprint density at radius 2 is 1.92 bits per heavy atom. The lowest BCUT2D eigenvalue weighted by atomic mass is 9.91. The van der Waals surface area contributed by atoms with Gasteiger partial charge in [0.2, 0.25) is 5.91 Å². The molecular formula is C18H27ClN2O3. The minimum Gasteiger partial charge on any atom is -0.493 e. The zero-order valence-electron chi connectivity index (χ0n) is 14.6. The molecule has 24 heavy (non-hydrogen) atoms. The number of halogens is 1. The van der Waals surface area contributed by atoms with Crippen molar-refractivity contribution in [2.45, 2.75) is 32.2 Å². The lowest BCUT2D eigenvalue weighted by Crippen LogP contribution is -2.34. The summed E-state index contributed by atoms with van der Waals surface area (Å²) < 4.78 is 10.6. The summed E-state index contributed by atoms with van der Waals surface area (Å²) in [6.45, 7) is 4.08. The van der Waals surface area contributed by atoms with Crippen LogP contribution in [0.4, 0.5) is 0 Å². The molecule has 1 spiro atoms. The van der Waals surface area contributed by atoms with E-state index in [0.717, 1.165) is 37.9 Å². The van der Waals surface area contributed by atoms with E-state index >= 15 is 0 Å². The standard InChI is InChI=1S/C18H26N2O3.ClH/c1-12(13-4-5-15(22-2)16(10-13)23-3)20-17(21)14-11-18(14)6-8-19-9-7-18;/h4-5,10,12,14,19H,6-9,11H2,1-3H3,(H,20,21);1H. The number of methoxy groups -OCH3 is 2. The largest absolute Gasteiger partial charge is 0.493 e. The van der Waals surface area contributed by atoms with E-state index in [9.17, 15) is 4.79 Å². The Labute approximate surface area is 149 Å². The highest BCUT2D eigenvalue weighted by atomic mass is 35.5. The third kappa shape index (κ3) is 3.62. The summed E-state index contributed by atoms with van der Waals surface area (Å²) in [5.74, 6) is 1.76. The molecule has 2 unspecified atom stereocenters. The van der Waals surface area contributed by atoms with Crippen LogP contribution in [0.15, 0.2) is 18.2 Å². The van der Waals surface area contributed by atoms with Crippen molar-refractivity contribution in [1.29, 1.82) is 0 Å². The zero-order chi connectivity index (χ0) is 16.4. The number of carbonyl (C=O) groups is 1. The Balaban J connectivity index is 0.00000208. The van der Waals surface area contributed by atoms with E-state index in [1.807, 2.05) is 25.1 Å². The van der Waals surface area contributed by atoms with Gasteiger partial charge in [0.25, 0.3) is 0 Å². The van der Waals surface area contributed by atoms with Gasteiger partial charge >= 0.3 is 0 Å². The summed E-state index contributed by atoms with van der Waals surface area (Å²) in [6, 6.07) is 5.74. The molecule has 1 aromatic carbocycles. The first-order valence-electron chi connectivity index (χ1n) is 8.32. The molecule has 5 nitrogen and oxygen atoms in total. The van der Waals surface area contributed by atoms with E-state index < -0.39 is 0 Å². The molecule has 1 aromatic rings. The van der Waals surface area contributed by atoms with Crippen molar-refractivity contribution in [3.05, 3.63) is 23.8 Å². The molecule has 2 atom stereocenters. The molecule has 2 N–H and O–H groups in total. The second-order valence-corrected chi connectivity index (χ2v) is 6.71. The Bertz CT molecular complexity index is 588. The number of piperidine rings is 1. The summed E-state index contributed by atoms with van der Waals surface area (Å²) in [4.78, 5) is 12.6. The van der Waals surface area contributed by atoms with Crippen LogP contribution >= 0.6 is 12.4 Å². The predicted molar refractivity (Wildman–Crippen MR) is 96.0 cm³/mol. The van der Waals surface area contributed by atoms with Gasteiger partial charge in [-0.05, 0) is 62.4 Å². The highest BCUT2D eigenvalue weighted by molar-refractivity contribution is 5.85. The molecular weight excluding hydrogens is 328 g/mol. The zero-order valence-corrected chi connectivity index (χ0v) is 15.4. The maximum Gasteiger partial charge on any atom is 0.224 e. The first-order valence-corrected chi connectivity index (χ1v) is 8.32. The molecule has 1 aliphatic heterocycles. The van der Waals surface area contributed by atoms with Crippen LogP contribution in [0.1, 0.15) is 37.8 Å². The molecule has 3 rings (SSSR count). The fourth-order valence-corrected chi connectivity index (χ4v) is 3.72. The molecule has 1 saturated heterocycles. The molecule has 0 radical (unpaired) electrons. The Morgan fingerprint density at radius 3 is 2.54 bits per heavy atom. The van der Waals surface area contributed by atoms with Gasteiger partial charge in [-0.2, -0.15) is 0 Å². The van der Waals surface area contributed by atoms with Crippen LogP contribution in [0.25, 0.3) is 0 Å². The quantitative estimate of drug-likeness (QED) is 0.853. The number of amides is 1. The number of carbonyl (C=O) groups excluding carboxylic acids is 1. The van der Waals surface area contributed by atoms with Crippen LogP contribution in [0.5, 0.6) is 11.5 Å². The first-order chi connectivity index (χ1) is 11.1. The molecule has 1 amide bonds. The topological polar surface area (TPSA) is 59.6 Å². The molecule has 0 bridgehead atoms. The Morgan fingerprint density at radius 1 is 1.25 bits per heavy atom. The van der Waals surface area contributed by atoms with Gasteiger partial charge in [0.1, 0.15) is 0 Å². The van der Waals surface area contributed by atoms with Crippen molar-refractivity contribution in [2.24, 2.45) is 11.3 Å². The number of hydrogen-bond acceptors (Lipinski definition) is 4. The molecule has 6 heteroatoms. The monoisotopic (exact) mass is 354 g/mol. The lowest BCUT2D eigenvalue weighted by Gasteiger charge is -2.24. The summed E-state index contributed by atoms with van der Waals surface area (Å²) >= 11 is 0. The van der Waals surface area contributed by atoms with Crippen molar-refractivity contribution >= 4 is 18.3 Å². The predicted octanol–water partition coefficient (Wildman–Crippen LogP) is 2.69. The van der Waals surface area contributed by atoms with Crippen LogP contribution < -0.4 is 20.1 Å². The minimum absolute atomic E-state index is 0. The number of hydrogen-bond donors (Lipinski definition) is 2. The number of benzene rings is 1. The fourth-order valence-electron chi connectivity index (χ4n) is 3.72. The summed E-state index contributed by atoms with van der Waals surface area (Å²) in [5, 5.41) is 6.54. The summed E-state index contributed by atoms with van der Waals surface area (Å²) in [7, 11) is 3.24. The first kappa shape index (κ1) is 18.9. The van der Waals surface area contributed by atoms with Crippen molar-refractivity contribution in [3.8, 4) is 11.5 Å². The SMILES string of the molecule is COc1ccc(C(C)NC(=O)C2CC23CCNCC3)cc1OC.Cl.